The molecule has 2 aromatic heterocycles. The molecule has 0 aliphatic heterocycles. The second kappa shape index (κ2) is 15.7. The monoisotopic (exact) mass is 829 g/mol. The number of hydrogen-bond donors (Lipinski definition) is 1. The standard InChI is InChI=1S/C23H28N2O.C21H22N.Ir/c1-14(2)18-11-9-12-19(15(3)4)22(18)25-17(6)16(5)24-23(25)20-10-7-8-13-21(20)26;1-13(2)18-6-7-20-19(16(18)5)8-9-22-21(20)17-11-14(3)10-15(4)12-17;/h7-15,26H,1-6H3;6-11,13H,1-5H3;/q;-1;. The van der Waals surface area contributed by atoms with Crippen LogP contribution in [-0.4, -0.2) is 19.6 Å². The van der Waals surface area contributed by atoms with Gasteiger partial charge in [0.2, 0.25) is 0 Å². The summed E-state index contributed by atoms with van der Waals surface area (Å²) in [7, 11) is 0. The van der Waals surface area contributed by atoms with Crippen molar-refractivity contribution in [1.29, 1.82) is 0 Å². The van der Waals surface area contributed by atoms with Crippen LogP contribution in [0.25, 0.3) is 39.1 Å². The molecular weight excluding hydrogens is 779 g/mol. The maximum Gasteiger partial charge on any atom is 0.148 e. The van der Waals surface area contributed by atoms with Crippen LogP contribution in [0.4, 0.5) is 0 Å². The number of benzene rings is 4. The Bertz CT molecular complexity index is 2040. The molecule has 5 heteroatoms. The third kappa shape index (κ3) is 7.74. The molecule has 0 fully saturated rings. The van der Waals surface area contributed by atoms with Crippen LogP contribution in [0.1, 0.15) is 104 Å². The van der Waals surface area contributed by atoms with Crippen molar-refractivity contribution in [1.82, 2.24) is 14.5 Å². The molecule has 6 rings (SSSR count). The van der Waals surface area contributed by atoms with Crippen molar-refractivity contribution in [2.75, 3.05) is 0 Å². The van der Waals surface area contributed by atoms with Crippen molar-refractivity contribution in [3.8, 4) is 34.1 Å². The van der Waals surface area contributed by atoms with Crippen LogP contribution >= 0.6 is 0 Å². The zero-order valence-electron chi connectivity index (χ0n) is 30.9. The average molecular weight is 829 g/mol. The zero-order valence-corrected chi connectivity index (χ0v) is 33.3. The topological polar surface area (TPSA) is 50.9 Å². The molecule has 1 N–H and O–H groups in total. The van der Waals surface area contributed by atoms with Gasteiger partial charge in [0.25, 0.3) is 0 Å². The zero-order chi connectivity index (χ0) is 34.9. The molecule has 0 bridgehead atoms. The predicted molar refractivity (Wildman–Crippen MR) is 203 cm³/mol. The molecule has 0 amide bonds. The summed E-state index contributed by atoms with van der Waals surface area (Å²) in [6.45, 7) is 23.9. The smallest absolute Gasteiger partial charge is 0.148 e. The van der Waals surface area contributed by atoms with Gasteiger partial charge in [-0.15, -0.1) is 34.9 Å². The summed E-state index contributed by atoms with van der Waals surface area (Å²) in [6.07, 6.45) is 1.92. The van der Waals surface area contributed by atoms with Gasteiger partial charge in [0.15, 0.2) is 0 Å². The van der Waals surface area contributed by atoms with E-state index in [0.717, 1.165) is 39.6 Å². The maximum absolute atomic E-state index is 10.4. The van der Waals surface area contributed by atoms with E-state index >= 15 is 0 Å². The number of imidazole rings is 1. The van der Waals surface area contributed by atoms with Gasteiger partial charge in [0.05, 0.1) is 16.9 Å². The summed E-state index contributed by atoms with van der Waals surface area (Å²) >= 11 is 0. The van der Waals surface area contributed by atoms with Gasteiger partial charge in [0.1, 0.15) is 11.6 Å². The van der Waals surface area contributed by atoms with E-state index in [1.165, 1.54) is 44.3 Å². The second-order valence-corrected chi connectivity index (χ2v) is 14.0. The number of nitrogens with zero attached hydrogens (tertiary/aromatic N) is 3. The van der Waals surface area contributed by atoms with Crippen LogP contribution in [0.2, 0.25) is 0 Å². The molecule has 4 nitrogen and oxygen atoms in total. The molecule has 0 spiro atoms. The number of aromatic hydroxyl groups is 1. The van der Waals surface area contributed by atoms with Crippen molar-refractivity contribution in [3.63, 3.8) is 0 Å². The molecule has 0 saturated heterocycles. The van der Waals surface area contributed by atoms with Gasteiger partial charge in [-0.2, -0.15) is 0 Å². The Hall–Kier alpha value is -4.05. The summed E-state index contributed by atoms with van der Waals surface area (Å²) in [5, 5.41) is 12.9. The molecule has 2 heterocycles. The van der Waals surface area contributed by atoms with E-state index in [2.05, 4.69) is 133 Å². The van der Waals surface area contributed by atoms with E-state index in [9.17, 15) is 5.11 Å². The SMILES string of the molecule is Cc1[c-]c(-c2nccc3c(C)c(C(C)C)ccc23)cc(C)c1.Cc1nc(-c2ccccc2O)n(-c2c(C(C)C)cccc2C(C)C)c1C.[Ir]. The Kier molecular flexibility index (Phi) is 12.1. The first-order valence-corrected chi connectivity index (χ1v) is 17.2. The number of pyridine rings is 1. The molecular formula is C44H50IrN3O-. The molecule has 6 aromatic rings. The summed E-state index contributed by atoms with van der Waals surface area (Å²) < 4.78 is 2.23. The van der Waals surface area contributed by atoms with E-state index in [1.54, 1.807) is 6.07 Å². The quantitative estimate of drug-likeness (QED) is 0.170. The van der Waals surface area contributed by atoms with Crippen molar-refractivity contribution in [2.24, 2.45) is 0 Å². The number of phenolic OH excluding ortho intramolecular Hbond substituents is 1. The van der Waals surface area contributed by atoms with Crippen LogP contribution in [0.3, 0.4) is 0 Å². The Balaban J connectivity index is 0.000000219. The first-order valence-electron chi connectivity index (χ1n) is 17.2. The first-order chi connectivity index (χ1) is 22.8. The molecule has 0 unspecified atom stereocenters. The minimum absolute atomic E-state index is 0. The number of aromatic nitrogens is 3. The minimum atomic E-state index is 0. The van der Waals surface area contributed by atoms with Gasteiger partial charge in [0, 0.05) is 32.0 Å². The average Bonchev–Trinajstić information content (AvgIpc) is 3.33. The Morgan fingerprint density at radius 3 is 1.92 bits per heavy atom. The fraction of sp³-hybridized carbons (Fsp3) is 0.318. The van der Waals surface area contributed by atoms with Crippen LogP contribution in [0.15, 0.2) is 79.0 Å². The number of hydrogen-bond acceptors (Lipinski definition) is 3. The van der Waals surface area contributed by atoms with Gasteiger partial charge in [-0.25, -0.2) is 4.98 Å². The normalized spacial score (nSPS) is 11.2. The van der Waals surface area contributed by atoms with Gasteiger partial charge < -0.3 is 10.1 Å². The predicted octanol–water partition coefficient (Wildman–Crippen LogP) is 11.9. The summed E-state index contributed by atoms with van der Waals surface area (Å²) in [6, 6.07) is 28.3. The Morgan fingerprint density at radius 1 is 0.694 bits per heavy atom. The number of aryl methyl sites for hydroxylation is 4. The molecule has 0 atom stereocenters. The van der Waals surface area contributed by atoms with Crippen molar-refractivity contribution < 1.29 is 25.2 Å². The van der Waals surface area contributed by atoms with Crippen molar-refractivity contribution in [2.45, 2.75) is 93.9 Å². The van der Waals surface area contributed by atoms with Gasteiger partial charge in [-0.1, -0.05) is 97.9 Å². The Labute approximate surface area is 307 Å². The number of phenols is 1. The van der Waals surface area contributed by atoms with Crippen LogP contribution < -0.4 is 0 Å². The van der Waals surface area contributed by atoms with Crippen LogP contribution in [0, 0.1) is 40.7 Å². The first kappa shape index (κ1) is 37.8. The molecule has 1 radical (unpaired) electrons. The van der Waals surface area contributed by atoms with Crippen LogP contribution in [0.5, 0.6) is 5.75 Å². The van der Waals surface area contributed by atoms with E-state index in [-0.39, 0.29) is 25.9 Å². The summed E-state index contributed by atoms with van der Waals surface area (Å²) in [5.74, 6) is 2.37. The van der Waals surface area contributed by atoms with Gasteiger partial charge in [-0.3, -0.25) is 4.57 Å². The van der Waals surface area contributed by atoms with E-state index < -0.39 is 0 Å². The number of para-hydroxylation sites is 2. The molecule has 257 valence electrons. The molecule has 4 aromatic carbocycles. The fourth-order valence-corrected chi connectivity index (χ4v) is 6.78. The minimum Gasteiger partial charge on any atom is -0.507 e. The van der Waals surface area contributed by atoms with Gasteiger partial charge in [-0.05, 0) is 95.4 Å². The number of rotatable bonds is 6. The van der Waals surface area contributed by atoms with Crippen LogP contribution in [-0.2, 0) is 20.1 Å². The van der Waals surface area contributed by atoms with E-state index in [0.29, 0.717) is 17.8 Å². The molecule has 0 aliphatic carbocycles. The van der Waals surface area contributed by atoms with E-state index in [4.69, 9.17) is 4.98 Å². The fourth-order valence-electron chi connectivity index (χ4n) is 6.78. The summed E-state index contributed by atoms with van der Waals surface area (Å²) in [5.41, 5.74) is 13.9. The van der Waals surface area contributed by atoms with E-state index in [1.807, 2.05) is 31.3 Å². The van der Waals surface area contributed by atoms with Crippen molar-refractivity contribution >= 4 is 10.8 Å². The molecule has 49 heavy (non-hydrogen) atoms. The third-order valence-electron chi connectivity index (χ3n) is 9.34. The largest absolute Gasteiger partial charge is 0.507 e. The maximum atomic E-state index is 10.4. The van der Waals surface area contributed by atoms with Crippen molar-refractivity contribution in [3.05, 3.63) is 130 Å². The molecule has 0 saturated carbocycles. The number of fused-ring (bicyclic) bond motifs is 1. The summed E-state index contributed by atoms with van der Waals surface area (Å²) in [4.78, 5) is 9.47. The third-order valence-corrected chi connectivity index (χ3v) is 9.34. The molecule has 0 aliphatic rings. The Morgan fingerprint density at radius 2 is 1.33 bits per heavy atom. The second-order valence-electron chi connectivity index (χ2n) is 14.0. The van der Waals surface area contributed by atoms with Gasteiger partial charge >= 0.3 is 0 Å².